The third-order valence-electron chi connectivity index (χ3n) is 2.79. The summed E-state index contributed by atoms with van der Waals surface area (Å²) in [5, 5.41) is 0. The Hall–Kier alpha value is -0.960. The molecule has 0 saturated heterocycles. The molecular weight excluding hydrogens is 312 g/mol. The van der Waals surface area contributed by atoms with Gasteiger partial charge in [-0.25, -0.2) is 26.3 Å². The van der Waals surface area contributed by atoms with Crippen molar-refractivity contribution in [3.63, 3.8) is 0 Å². The lowest BCUT2D eigenvalue weighted by Crippen LogP contribution is -2.50. The van der Waals surface area contributed by atoms with Crippen molar-refractivity contribution in [2.45, 2.75) is 38.1 Å². The predicted molar refractivity (Wildman–Crippen MR) is 83.2 cm³/mol. The van der Waals surface area contributed by atoms with Gasteiger partial charge >= 0.3 is 0 Å². The Balaban J connectivity index is 2.91. The number of sulfonamides is 2. The summed E-state index contributed by atoms with van der Waals surface area (Å²) >= 11 is 0. The van der Waals surface area contributed by atoms with Crippen molar-refractivity contribution in [3.05, 3.63) is 29.3 Å². The number of rotatable bonds is 6. The van der Waals surface area contributed by atoms with E-state index >= 15 is 0 Å². The van der Waals surface area contributed by atoms with Crippen LogP contribution < -0.4 is 9.44 Å². The molecular formula is C13H22N2O4S2. The van der Waals surface area contributed by atoms with E-state index in [9.17, 15) is 16.8 Å². The standard InChI is InChI=1S/C13H22N2O4S2/c1-10-6-7-12(11(2)8-10)21(18,19)14-9-13(3,4)15-20(5,16)17/h6-8,14-15H,9H2,1-5H3. The Morgan fingerprint density at radius 2 is 1.67 bits per heavy atom. The van der Waals surface area contributed by atoms with Crippen molar-refractivity contribution in [2.24, 2.45) is 0 Å². The zero-order chi connectivity index (χ0) is 16.5. The largest absolute Gasteiger partial charge is 0.240 e. The Bertz CT molecular complexity index is 723. The average molecular weight is 334 g/mol. The minimum atomic E-state index is -3.68. The van der Waals surface area contributed by atoms with Crippen LogP contribution in [0, 0.1) is 13.8 Å². The van der Waals surface area contributed by atoms with Crippen LogP contribution in [-0.2, 0) is 20.0 Å². The van der Waals surface area contributed by atoms with E-state index in [-0.39, 0.29) is 11.4 Å². The fourth-order valence-corrected chi connectivity index (χ4v) is 4.50. The molecule has 1 aromatic carbocycles. The summed E-state index contributed by atoms with van der Waals surface area (Å²) in [5.41, 5.74) is 0.709. The van der Waals surface area contributed by atoms with E-state index in [1.165, 1.54) is 0 Å². The summed E-state index contributed by atoms with van der Waals surface area (Å²) in [6.07, 6.45) is 1.04. The molecule has 0 amide bonds. The first kappa shape index (κ1) is 18.1. The van der Waals surface area contributed by atoms with Gasteiger partial charge in [0.25, 0.3) is 0 Å². The number of hydrogen-bond donors (Lipinski definition) is 2. The lowest BCUT2D eigenvalue weighted by Gasteiger charge is -2.25. The fraction of sp³-hybridized carbons (Fsp3) is 0.538. The van der Waals surface area contributed by atoms with Crippen molar-refractivity contribution in [3.8, 4) is 0 Å². The molecule has 0 aliphatic rings. The summed E-state index contributed by atoms with van der Waals surface area (Å²) in [6, 6.07) is 5.06. The maximum absolute atomic E-state index is 12.3. The van der Waals surface area contributed by atoms with Gasteiger partial charge in [0, 0.05) is 12.1 Å². The van der Waals surface area contributed by atoms with Crippen LogP contribution in [0.15, 0.2) is 23.1 Å². The molecule has 0 radical (unpaired) electrons. The van der Waals surface area contributed by atoms with Crippen LogP contribution in [0.2, 0.25) is 0 Å². The average Bonchev–Trinajstić information content (AvgIpc) is 2.23. The van der Waals surface area contributed by atoms with E-state index in [4.69, 9.17) is 0 Å². The molecule has 0 atom stereocenters. The van der Waals surface area contributed by atoms with Crippen molar-refractivity contribution >= 4 is 20.0 Å². The topological polar surface area (TPSA) is 92.3 Å². The molecule has 1 aromatic rings. The van der Waals surface area contributed by atoms with Gasteiger partial charge in [-0.1, -0.05) is 17.7 Å². The molecule has 0 unspecified atom stereocenters. The second-order valence-electron chi connectivity index (χ2n) is 5.85. The highest BCUT2D eigenvalue weighted by Gasteiger charge is 2.25. The van der Waals surface area contributed by atoms with E-state index in [1.54, 1.807) is 39.0 Å². The summed E-state index contributed by atoms with van der Waals surface area (Å²) in [4.78, 5) is 0.197. The molecule has 120 valence electrons. The van der Waals surface area contributed by atoms with E-state index in [2.05, 4.69) is 9.44 Å². The monoisotopic (exact) mass is 334 g/mol. The molecule has 0 saturated carbocycles. The van der Waals surface area contributed by atoms with Gasteiger partial charge in [-0.2, -0.15) is 0 Å². The normalized spacial score (nSPS) is 13.4. The van der Waals surface area contributed by atoms with E-state index < -0.39 is 25.6 Å². The third-order valence-corrected chi connectivity index (χ3v) is 5.27. The molecule has 0 fully saturated rings. The molecule has 0 bridgehead atoms. The van der Waals surface area contributed by atoms with E-state index in [0.29, 0.717) is 5.56 Å². The zero-order valence-electron chi connectivity index (χ0n) is 12.9. The number of aryl methyl sites for hydroxylation is 2. The van der Waals surface area contributed by atoms with Crippen LogP contribution in [0.1, 0.15) is 25.0 Å². The first-order chi connectivity index (χ1) is 9.32. The van der Waals surface area contributed by atoms with Gasteiger partial charge in [0.05, 0.1) is 11.2 Å². The third kappa shape index (κ3) is 5.74. The summed E-state index contributed by atoms with van der Waals surface area (Å²) < 4.78 is 51.9. The predicted octanol–water partition coefficient (Wildman–Crippen LogP) is 0.910. The van der Waals surface area contributed by atoms with Crippen LogP contribution in [0.5, 0.6) is 0 Å². The second-order valence-corrected chi connectivity index (χ2v) is 9.34. The van der Waals surface area contributed by atoms with Crippen molar-refractivity contribution in [1.82, 2.24) is 9.44 Å². The van der Waals surface area contributed by atoms with Crippen LogP contribution in [0.25, 0.3) is 0 Å². The summed E-state index contributed by atoms with van der Waals surface area (Å²) in [5.74, 6) is 0. The smallest absolute Gasteiger partial charge is 0.213 e. The first-order valence-corrected chi connectivity index (χ1v) is 9.76. The number of nitrogens with one attached hydrogen (secondary N) is 2. The summed E-state index contributed by atoms with van der Waals surface area (Å²) in [6.45, 7) is 6.78. The van der Waals surface area contributed by atoms with Gasteiger partial charge in [0.1, 0.15) is 0 Å². The highest BCUT2D eigenvalue weighted by molar-refractivity contribution is 7.89. The van der Waals surface area contributed by atoms with Crippen LogP contribution in [0.3, 0.4) is 0 Å². The van der Waals surface area contributed by atoms with Crippen LogP contribution >= 0.6 is 0 Å². The van der Waals surface area contributed by atoms with E-state index in [0.717, 1.165) is 11.8 Å². The van der Waals surface area contributed by atoms with Gasteiger partial charge in [-0.15, -0.1) is 0 Å². The first-order valence-electron chi connectivity index (χ1n) is 6.38. The maximum Gasteiger partial charge on any atom is 0.240 e. The zero-order valence-corrected chi connectivity index (χ0v) is 14.5. The van der Waals surface area contributed by atoms with Gasteiger partial charge in [0.2, 0.25) is 20.0 Å². The number of hydrogen-bond acceptors (Lipinski definition) is 4. The molecule has 8 heteroatoms. The molecule has 6 nitrogen and oxygen atoms in total. The molecule has 0 spiro atoms. The van der Waals surface area contributed by atoms with E-state index in [1.807, 2.05) is 6.92 Å². The van der Waals surface area contributed by atoms with Gasteiger partial charge in [-0.3, -0.25) is 0 Å². The minimum absolute atomic E-state index is 0.0459. The van der Waals surface area contributed by atoms with Crippen molar-refractivity contribution in [1.29, 1.82) is 0 Å². The highest BCUT2D eigenvalue weighted by atomic mass is 32.2. The lowest BCUT2D eigenvalue weighted by molar-refractivity contribution is 0.446. The maximum atomic E-state index is 12.3. The molecule has 2 N–H and O–H groups in total. The van der Waals surface area contributed by atoms with Crippen molar-refractivity contribution < 1.29 is 16.8 Å². The minimum Gasteiger partial charge on any atom is -0.213 e. The molecule has 0 aliphatic heterocycles. The quantitative estimate of drug-likeness (QED) is 0.809. The molecule has 0 heterocycles. The van der Waals surface area contributed by atoms with Gasteiger partial charge in [0.15, 0.2) is 0 Å². The fourth-order valence-electron chi connectivity index (χ4n) is 1.99. The Labute approximate surface area is 127 Å². The molecule has 21 heavy (non-hydrogen) atoms. The SMILES string of the molecule is Cc1ccc(S(=O)(=O)NCC(C)(C)NS(C)(=O)=O)c(C)c1. The Morgan fingerprint density at radius 1 is 1.10 bits per heavy atom. The Kier molecular flexibility index (Phi) is 5.20. The molecule has 1 rings (SSSR count). The molecule has 0 aliphatic carbocycles. The van der Waals surface area contributed by atoms with Crippen molar-refractivity contribution in [2.75, 3.05) is 12.8 Å². The van der Waals surface area contributed by atoms with Crippen LogP contribution in [0.4, 0.5) is 0 Å². The lowest BCUT2D eigenvalue weighted by atomic mass is 10.1. The highest BCUT2D eigenvalue weighted by Crippen LogP contribution is 2.16. The van der Waals surface area contributed by atoms with Gasteiger partial charge < -0.3 is 0 Å². The summed E-state index contributed by atoms with van der Waals surface area (Å²) in [7, 11) is -7.09. The number of benzene rings is 1. The molecule has 0 aromatic heterocycles. The second kappa shape index (κ2) is 6.04. The van der Waals surface area contributed by atoms with Gasteiger partial charge in [-0.05, 0) is 39.3 Å². The van der Waals surface area contributed by atoms with Crippen LogP contribution in [-0.4, -0.2) is 35.2 Å². The Morgan fingerprint density at radius 3 is 2.14 bits per heavy atom.